The van der Waals surface area contributed by atoms with Crippen LogP contribution in [0.5, 0.6) is 5.75 Å². The van der Waals surface area contributed by atoms with E-state index >= 15 is 0 Å². The number of ether oxygens (including phenoxy) is 1. The number of carbonyl (C=O) groups is 1. The number of aromatic nitrogens is 2. The van der Waals surface area contributed by atoms with Crippen molar-refractivity contribution in [2.24, 2.45) is 12.8 Å². The standard InChI is InChI=1S/C15H14N4O2/c1-19-7-6-17-14(19)5-3-10-2-4-13-12(8-10)18-15(20)11(16)9-21-13/h2,4,6-8,11H,9,16H2,1H3,(H,18,20)/t11-/m0/s1. The zero-order chi connectivity index (χ0) is 14.8. The van der Waals surface area contributed by atoms with E-state index in [1.807, 2.05) is 23.9 Å². The Morgan fingerprint density at radius 1 is 1.48 bits per heavy atom. The predicted molar refractivity (Wildman–Crippen MR) is 77.7 cm³/mol. The zero-order valence-electron chi connectivity index (χ0n) is 11.5. The molecule has 0 saturated heterocycles. The molecule has 2 aromatic rings. The number of anilines is 1. The van der Waals surface area contributed by atoms with E-state index in [-0.39, 0.29) is 12.5 Å². The smallest absolute Gasteiger partial charge is 0.244 e. The van der Waals surface area contributed by atoms with Crippen LogP contribution in [-0.4, -0.2) is 28.1 Å². The van der Waals surface area contributed by atoms with Crippen molar-refractivity contribution in [3.63, 3.8) is 0 Å². The maximum absolute atomic E-state index is 11.7. The first-order chi connectivity index (χ1) is 10.1. The van der Waals surface area contributed by atoms with Gasteiger partial charge in [0.15, 0.2) is 5.82 Å². The molecule has 1 amide bonds. The van der Waals surface area contributed by atoms with Crippen LogP contribution in [-0.2, 0) is 11.8 Å². The molecule has 6 heteroatoms. The van der Waals surface area contributed by atoms with Crippen molar-refractivity contribution in [2.45, 2.75) is 6.04 Å². The molecule has 3 N–H and O–H groups in total. The van der Waals surface area contributed by atoms with Gasteiger partial charge in [0, 0.05) is 25.0 Å². The largest absolute Gasteiger partial charge is 0.489 e. The van der Waals surface area contributed by atoms with Crippen molar-refractivity contribution in [2.75, 3.05) is 11.9 Å². The molecule has 0 unspecified atom stereocenters. The number of hydrogen-bond donors (Lipinski definition) is 2. The molecule has 0 aliphatic carbocycles. The number of benzene rings is 1. The van der Waals surface area contributed by atoms with E-state index in [1.165, 1.54) is 0 Å². The van der Waals surface area contributed by atoms with Crippen LogP contribution in [0.4, 0.5) is 5.69 Å². The Morgan fingerprint density at radius 3 is 3.10 bits per heavy atom. The van der Waals surface area contributed by atoms with E-state index in [9.17, 15) is 4.79 Å². The second-order valence-electron chi connectivity index (χ2n) is 4.73. The number of hydrogen-bond acceptors (Lipinski definition) is 4. The van der Waals surface area contributed by atoms with Crippen LogP contribution >= 0.6 is 0 Å². The van der Waals surface area contributed by atoms with Crippen LogP contribution < -0.4 is 15.8 Å². The minimum Gasteiger partial charge on any atom is -0.489 e. The number of nitrogens with one attached hydrogen (secondary N) is 1. The van der Waals surface area contributed by atoms with E-state index in [0.717, 1.165) is 5.56 Å². The number of carbonyl (C=O) groups excluding carboxylic acids is 1. The molecule has 0 bridgehead atoms. The molecule has 1 aromatic carbocycles. The van der Waals surface area contributed by atoms with Crippen LogP contribution in [0.1, 0.15) is 11.4 Å². The fourth-order valence-electron chi connectivity index (χ4n) is 1.93. The van der Waals surface area contributed by atoms with E-state index in [4.69, 9.17) is 10.5 Å². The molecule has 3 rings (SSSR count). The number of aryl methyl sites for hydroxylation is 1. The van der Waals surface area contributed by atoms with Gasteiger partial charge in [-0.15, -0.1) is 0 Å². The zero-order valence-corrected chi connectivity index (χ0v) is 11.5. The number of nitrogens with two attached hydrogens (primary N) is 1. The SMILES string of the molecule is Cn1ccnc1C#Cc1ccc2c(c1)NC(=O)[C@@H](N)CO2. The van der Waals surface area contributed by atoms with Gasteiger partial charge < -0.3 is 20.4 Å². The van der Waals surface area contributed by atoms with Crippen LogP contribution in [0.3, 0.4) is 0 Å². The molecule has 106 valence electrons. The number of nitrogens with zero attached hydrogens (tertiary/aromatic N) is 2. The molecule has 0 saturated carbocycles. The molecule has 1 aliphatic heterocycles. The Balaban J connectivity index is 1.90. The molecule has 21 heavy (non-hydrogen) atoms. The van der Waals surface area contributed by atoms with Gasteiger partial charge in [-0.2, -0.15) is 0 Å². The summed E-state index contributed by atoms with van der Waals surface area (Å²) in [6, 6.07) is 4.70. The fourth-order valence-corrected chi connectivity index (χ4v) is 1.93. The summed E-state index contributed by atoms with van der Waals surface area (Å²) in [6.45, 7) is 0.164. The van der Waals surface area contributed by atoms with Crippen LogP contribution in [0.2, 0.25) is 0 Å². The first-order valence-corrected chi connectivity index (χ1v) is 6.46. The van der Waals surface area contributed by atoms with Crippen molar-refractivity contribution < 1.29 is 9.53 Å². The van der Waals surface area contributed by atoms with Crippen molar-refractivity contribution in [1.29, 1.82) is 0 Å². The Hall–Kier alpha value is -2.78. The second-order valence-corrected chi connectivity index (χ2v) is 4.73. The van der Waals surface area contributed by atoms with Crippen molar-refractivity contribution >= 4 is 11.6 Å². The molecule has 2 heterocycles. The van der Waals surface area contributed by atoms with Gasteiger partial charge in [-0.25, -0.2) is 4.98 Å². The molecule has 0 spiro atoms. The number of fused-ring (bicyclic) bond motifs is 1. The van der Waals surface area contributed by atoms with Crippen LogP contribution in [0, 0.1) is 11.8 Å². The van der Waals surface area contributed by atoms with E-state index in [1.54, 1.807) is 18.3 Å². The predicted octanol–water partition coefficient (Wildman–Crippen LogP) is 0.478. The summed E-state index contributed by atoms with van der Waals surface area (Å²) in [5.74, 6) is 7.00. The topological polar surface area (TPSA) is 82.2 Å². The minimum absolute atomic E-state index is 0.164. The monoisotopic (exact) mass is 282 g/mol. The fraction of sp³-hybridized carbons (Fsp3) is 0.200. The summed E-state index contributed by atoms with van der Waals surface area (Å²) in [5, 5.41) is 2.74. The third-order valence-electron chi connectivity index (χ3n) is 3.13. The average Bonchev–Trinajstić information content (AvgIpc) is 2.82. The highest BCUT2D eigenvalue weighted by atomic mass is 16.5. The van der Waals surface area contributed by atoms with Gasteiger partial charge in [-0.1, -0.05) is 5.92 Å². The van der Waals surface area contributed by atoms with Gasteiger partial charge in [0.05, 0.1) is 5.69 Å². The van der Waals surface area contributed by atoms with E-state index < -0.39 is 6.04 Å². The molecular formula is C15H14N4O2. The van der Waals surface area contributed by atoms with Gasteiger partial charge >= 0.3 is 0 Å². The lowest BCUT2D eigenvalue weighted by molar-refractivity contribution is -0.117. The average molecular weight is 282 g/mol. The van der Waals surface area contributed by atoms with Gasteiger partial charge in [0.25, 0.3) is 0 Å². The molecule has 0 fully saturated rings. The van der Waals surface area contributed by atoms with Crippen molar-refractivity contribution in [3.8, 4) is 17.6 Å². The van der Waals surface area contributed by atoms with Crippen molar-refractivity contribution in [3.05, 3.63) is 42.0 Å². The minimum atomic E-state index is -0.667. The summed E-state index contributed by atoms with van der Waals surface area (Å²) in [4.78, 5) is 15.8. The van der Waals surface area contributed by atoms with Crippen LogP contribution in [0.25, 0.3) is 0 Å². The second kappa shape index (κ2) is 5.31. The molecule has 1 aliphatic rings. The summed E-state index contributed by atoms with van der Waals surface area (Å²) in [5.41, 5.74) is 7.00. The van der Waals surface area contributed by atoms with Gasteiger partial charge in [-0.3, -0.25) is 4.79 Å². The number of rotatable bonds is 0. The molecule has 1 atom stereocenters. The maximum atomic E-state index is 11.7. The van der Waals surface area contributed by atoms with Gasteiger partial charge in [0.1, 0.15) is 18.4 Å². The molecule has 0 radical (unpaired) electrons. The van der Waals surface area contributed by atoms with E-state index in [2.05, 4.69) is 22.1 Å². The Morgan fingerprint density at radius 2 is 2.33 bits per heavy atom. The van der Waals surface area contributed by atoms with Crippen molar-refractivity contribution in [1.82, 2.24) is 9.55 Å². The highest BCUT2D eigenvalue weighted by Crippen LogP contribution is 2.27. The lowest BCUT2D eigenvalue weighted by Gasteiger charge is -2.06. The molecule has 6 nitrogen and oxygen atoms in total. The molecule has 1 aromatic heterocycles. The highest BCUT2D eigenvalue weighted by Gasteiger charge is 2.21. The normalized spacial score (nSPS) is 16.9. The third kappa shape index (κ3) is 2.73. The quantitative estimate of drug-likeness (QED) is 0.688. The summed E-state index contributed by atoms with van der Waals surface area (Å²) in [7, 11) is 1.88. The van der Waals surface area contributed by atoms with Gasteiger partial charge in [0.2, 0.25) is 5.91 Å². The van der Waals surface area contributed by atoms with E-state index in [0.29, 0.717) is 17.3 Å². The number of amides is 1. The summed E-state index contributed by atoms with van der Waals surface area (Å²) in [6.07, 6.45) is 3.52. The van der Waals surface area contributed by atoms with Crippen LogP contribution in [0.15, 0.2) is 30.6 Å². The lowest BCUT2D eigenvalue weighted by atomic mass is 10.2. The first kappa shape index (κ1) is 13.2. The number of imidazole rings is 1. The Labute approximate surface area is 121 Å². The highest BCUT2D eigenvalue weighted by molar-refractivity contribution is 5.97. The first-order valence-electron chi connectivity index (χ1n) is 6.46. The Kier molecular flexibility index (Phi) is 3.34. The molecular weight excluding hydrogens is 268 g/mol. The Bertz CT molecular complexity index is 755. The third-order valence-corrected chi connectivity index (χ3v) is 3.13. The summed E-state index contributed by atoms with van der Waals surface area (Å²) < 4.78 is 7.32. The van der Waals surface area contributed by atoms with Gasteiger partial charge in [-0.05, 0) is 24.1 Å². The summed E-state index contributed by atoms with van der Waals surface area (Å²) >= 11 is 0. The lowest BCUT2D eigenvalue weighted by Crippen LogP contribution is -2.38. The maximum Gasteiger partial charge on any atom is 0.244 e.